The van der Waals surface area contributed by atoms with Crippen molar-refractivity contribution in [3.8, 4) is 6.07 Å². The molecule has 7 heteroatoms. The van der Waals surface area contributed by atoms with Crippen LogP contribution in [0.1, 0.15) is 37.0 Å². The van der Waals surface area contributed by atoms with E-state index < -0.39 is 17.6 Å². The van der Waals surface area contributed by atoms with E-state index in [1.54, 1.807) is 32.0 Å². The summed E-state index contributed by atoms with van der Waals surface area (Å²) in [6.07, 6.45) is 1.95. The van der Waals surface area contributed by atoms with Gasteiger partial charge in [0.25, 0.3) is 0 Å². The van der Waals surface area contributed by atoms with E-state index in [2.05, 4.69) is 16.0 Å². The Kier molecular flexibility index (Phi) is 5.53. The van der Waals surface area contributed by atoms with Gasteiger partial charge in [-0.3, -0.25) is 9.59 Å². The van der Waals surface area contributed by atoms with Gasteiger partial charge in [-0.1, -0.05) is 12.1 Å². The van der Waals surface area contributed by atoms with Crippen LogP contribution < -0.4 is 16.0 Å². The number of Topliss-reactive ketones (excluding diaryl/α,β-unsaturated/α-hetero) is 1. The van der Waals surface area contributed by atoms with Crippen LogP contribution in [0.4, 0.5) is 10.5 Å². The van der Waals surface area contributed by atoms with Crippen molar-refractivity contribution in [2.75, 3.05) is 5.32 Å². The minimum atomic E-state index is -1.41. The second-order valence-electron chi connectivity index (χ2n) is 6.04. The number of amides is 3. The molecule has 0 unspecified atom stereocenters. The van der Waals surface area contributed by atoms with Gasteiger partial charge in [-0.25, -0.2) is 4.79 Å². The van der Waals surface area contributed by atoms with Crippen LogP contribution in [0, 0.1) is 17.2 Å². The number of nitrogens with one attached hydrogen (secondary N) is 3. The zero-order valence-electron chi connectivity index (χ0n) is 13.6. The average molecular weight is 328 g/mol. The predicted molar refractivity (Wildman–Crippen MR) is 88.3 cm³/mol. The van der Waals surface area contributed by atoms with Gasteiger partial charge in [0.05, 0.1) is 6.07 Å². The number of benzene rings is 1. The van der Waals surface area contributed by atoms with E-state index in [4.69, 9.17) is 5.26 Å². The molecule has 1 atom stereocenters. The number of hydrogen-bond acceptors (Lipinski definition) is 4. The maximum absolute atomic E-state index is 12.4. The lowest BCUT2D eigenvalue weighted by Gasteiger charge is -2.13. The fourth-order valence-electron chi connectivity index (χ4n) is 2.10. The predicted octanol–water partition coefficient (Wildman–Crippen LogP) is 1.82. The van der Waals surface area contributed by atoms with E-state index >= 15 is 0 Å². The van der Waals surface area contributed by atoms with Crippen molar-refractivity contribution in [1.82, 2.24) is 10.6 Å². The molecular formula is C17H20N4O3. The first kappa shape index (κ1) is 17.5. The molecule has 126 valence electrons. The Hall–Kier alpha value is -2.88. The van der Waals surface area contributed by atoms with Crippen LogP contribution in [-0.4, -0.2) is 29.8 Å². The summed E-state index contributed by atoms with van der Waals surface area (Å²) in [6.45, 7) is 3.50. The zero-order chi connectivity index (χ0) is 17.7. The molecule has 24 heavy (non-hydrogen) atoms. The number of anilines is 1. The molecule has 1 aromatic carbocycles. The number of nitrogens with zero attached hydrogens (tertiary/aromatic N) is 1. The van der Waals surface area contributed by atoms with Crippen molar-refractivity contribution in [3.63, 3.8) is 0 Å². The fraction of sp³-hybridized carbons (Fsp3) is 0.412. The maximum atomic E-state index is 12.4. The molecule has 3 N–H and O–H groups in total. The van der Waals surface area contributed by atoms with Gasteiger partial charge in [0.2, 0.25) is 5.91 Å². The summed E-state index contributed by atoms with van der Waals surface area (Å²) in [5.41, 5.74) is 0.629. The van der Waals surface area contributed by atoms with Gasteiger partial charge < -0.3 is 16.0 Å². The topological polar surface area (TPSA) is 111 Å². The lowest BCUT2D eigenvalue weighted by molar-refractivity contribution is -0.122. The zero-order valence-corrected chi connectivity index (χ0v) is 13.6. The van der Waals surface area contributed by atoms with Crippen LogP contribution >= 0.6 is 0 Å². The molecule has 1 saturated carbocycles. The van der Waals surface area contributed by atoms with Crippen molar-refractivity contribution in [2.45, 2.75) is 38.8 Å². The van der Waals surface area contributed by atoms with Crippen molar-refractivity contribution < 1.29 is 14.4 Å². The van der Waals surface area contributed by atoms with E-state index in [-0.39, 0.29) is 23.7 Å². The van der Waals surface area contributed by atoms with E-state index in [1.165, 1.54) is 12.1 Å². The third kappa shape index (κ3) is 4.81. The summed E-state index contributed by atoms with van der Waals surface area (Å²) in [7, 11) is 0. The number of rotatable bonds is 6. The number of nitriles is 1. The van der Waals surface area contributed by atoms with Gasteiger partial charge in [-0.05, 0) is 38.8 Å². The summed E-state index contributed by atoms with van der Waals surface area (Å²) in [4.78, 5) is 36.1. The Morgan fingerprint density at radius 1 is 1.25 bits per heavy atom. The maximum Gasteiger partial charge on any atom is 0.319 e. The highest BCUT2D eigenvalue weighted by atomic mass is 16.2. The standard InChI is InChI=1S/C17H20N4O3/c1-10(2)19-16(23)14(9-18)15(22)11-4-3-5-13(8-11)21-17(24)20-12-6-7-12/h3-5,8,10,12,14H,6-7H2,1-2H3,(H,19,23)(H2,20,21,24)/t14-/m0/s1. The molecule has 0 aromatic heterocycles. The Morgan fingerprint density at radius 2 is 1.96 bits per heavy atom. The SMILES string of the molecule is CC(C)NC(=O)[C@@H](C#N)C(=O)c1cccc(NC(=O)NC2CC2)c1. The molecule has 3 amide bonds. The molecule has 0 radical (unpaired) electrons. The van der Waals surface area contributed by atoms with Crippen LogP contribution in [0.15, 0.2) is 24.3 Å². The average Bonchev–Trinajstić information content (AvgIpc) is 3.31. The van der Waals surface area contributed by atoms with Gasteiger partial charge in [-0.2, -0.15) is 5.26 Å². The monoisotopic (exact) mass is 328 g/mol. The van der Waals surface area contributed by atoms with E-state index in [0.29, 0.717) is 5.69 Å². The van der Waals surface area contributed by atoms with Crippen molar-refractivity contribution in [1.29, 1.82) is 5.26 Å². The third-order valence-corrected chi connectivity index (χ3v) is 3.40. The second-order valence-corrected chi connectivity index (χ2v) is 6.04. The summed E-state index contributed by atoms with van der Waals surface area (Å²) < 4.78 is 0. The molecule has 0 spiro atoms. The van der Waals surface area contributed by atoms with Crippen LogP contribution in [0.2, 0.25) is 0 Å². The van der Waals surface area contributed by atoms with Crippen LogP contribution in [0.25, 0.3) is 0 Å². The minimum absolute atomic E-state index is 0.166. The first-order valence-electron chi connectivity index (χ1n) is 7.82. The third-order valence-electron chi connectivity index (χ3n) is 3.40. The normalized spacial score (nSPS) is 14.4. The molecular weight excluding hydrogens is 308 g/mol. The molecule has 1 aliphatic rings. The summed E-state index contributed by atoms with van der Waals surface area (Å²) in [5, 5.41) is 17.1. The Labute approximate surface area is 140 Å². The minimum Gasteiger partial charge on any atom is -0.352 e. The number of urea groups is 1. The second kappa shape index (κ2) is 7.59. The Morgan fingerprint density at radius 3 is 2.54 bits per heavy atom. The molecule has 0 bridgehead atoms. The lowest BCUT2D eigenvalue weighted by Crippen LogP contribution is -2.38. The molecule has 2 rings (SSSR count). The number of carbonyl (C=O) groups is 3. The molecule has 7 nitrogen and oxygen atoms in total. The van der Waals surface area contributed by atoms with Gasteiger partial charge in [0.1, 0.15) is 0 Å². The number of ketones is 1. The van der Waals surface area contributed by atoms with Crippen LogP contribution in [0.5, 0.6) is 0 Å². The van der Waals surface area contributed by atoms with Crippen molar-refractivity contribution in [3.05, 3.63) is 29.8 Å². The lowest BCUT2D eigenvalue weighted by atomic mass is 9.97. The molecule has 1 aliphatic carbocycles. The molecule has 0 saturated heterocycles. The Balaban J connectivity index is 2.08. The first-order chi connectivity index (χ1) is 11.4. The Bertz CT molecular complexity index is 689. The van der Waals surface area contributed by atoms with E-state index in [0.717, 1.165) is 12.8 Å². The highest BCUT2D eigenvalue weighted by Gasteiger charge is 2.28. The van der Waals surface area contributed by atoms with Crippen molar-refractivity contribution >= 4 is 23.4 Å². The quantitative estimate of drug-likeness (QED) is 0.546. The summed E-state index contributed by atoms with van der Waals surface area (Å²) in [5.74, 6) is -2.63. The van der Waals surface area contributed by atoms with Gasteiger partial charge >= 0.3 is 6.03 Å². The molecule has 1 aromatic rings. The van der Waals surface area contributed by atoms with Crippen molar-refractivity contribution in [2.24, 2.45) is 5.92 Å². The number of hydrogen-bond donors (Lipinski definition) is 3. The molecule has 0 aliphatic heterocycles. The fourth-order valence-corrected chi connectivity index (χ4v) is 2.10. The number of carbonyl (C=O) groups excluding carboxylic acids is 3. The highest BCUT2D eigenvalue weighted by molar-refractivity contribution is 6.12. The van der Waals surface area contributed by atoms with Gasteiger partial charge in [-0.15, -0.1) is 0 Å². The summed E-state index contributed by atoms with van der Waals surface area (Å²) >= 11 is 0. The smallest absolute Gasteiger partial charge is 0.319 e. The molecule has 0 heterocycles. The van der Waals surface area contributed by atoms with E-state index in [1.807, 2.05) is 0 Å². The first-order valence-corrected chi connectivity index (χ1v) is 7.82. The van der Waals surface area contributed by atoms with Crippen LogP contribution in [0.3, 0.4) is 0 Å². The van der Waals surface area contributed by atoms with Gasteiger partial charge in [0.15, 0.2) is 11.7 Å². The van der Waals surface area contributed by atoms with E-state index in [9.17, 15) is 14.4 Å². The van der Waals surface area contributed by atoms with Crippen LogP contribution in [-0.2, 0) is 4.79 Å². The molecule has 1 fully saturated rings. The highest BCUT2D eigenvalue weighted by Crippen LogP contribution is 2.19. The summed E-state index contributed by atoms with van der Waals surface area (Å²) in [6, 6.07) is 7.66. The van der Waals surface area contributed by atoms with Gasteiger partial charge in [0, 0.05) is 23.3 Å². The largest absolute Gasteiger partial charge is 0.352 e.